The summed E-state index contributed by atoms with van der Waals surface area (Å²) in [4.78, 5) is 54.0. The maximum atomic E-state index is 14.2. The van der Waals surface area contributed by atoms with Gasteiger partial charge in [0.25, 0.3) is 11.2 Å². The van der Waals surface area contributed by atoms with Crippen LogP contribution in [0.3, 0.4) is 0 Å². The lowest BCUT2D eigenvalue weighted by Crippen LogP contribution is -2.73. The number of carbonyl (C=O) groups excluding carboxylic acids is 2. The summed E-state index contributed by atoms with van der Waals surface area (Å²) in [5, 5.41) is 44.1. The normalized spacial score (nSPS) is 15.3. The summed E-state index contributed by atoms with van der Waals surface area (Å²) in [6.45, 7) is 4.20. The van der Waals surface area contributed by atoms with Gasteiger partial charge in [0.15, 0.2) is 11.6 Å². The van der Waals surface area contributed by atoms with Crippen LogP contribution in [0.15, 0.2) is 60.7 Å². The van der Waals surface area contributed by atoms with Crippen molar-refractivity contribution in [3.63, 3.8) is 0 Å². The van der Waals surface area contributed by atoms with Gasteiger partial charge in [0.1, 0.15) is 0 Å². The number of carboxylic acids is 2. The average Bonchev–Trinajstić information content (AvgIpc) is 3.06. The number of carboxylic acid groups (broad SMARTS) is 2. The standard InChI is InChI=1S/C38H54O8/c1-3-5-7-9-11-19-25-31(27-29-21-15-13-16-22-29)33(39)37(45,35(41)42)38(46,36(43)44)34(40)32(26-20-12-10-8-6-4-2)28-30-23-17-14-18-24-30/h13-18,21-24,31-32,45-46H,3-12,19-20,25-28H2,1-2H3,(H,41,42)(H,43,44)/t31-,32-,37-,38-/m1/s1. The number of carbonyl (C=O) groups is 4. The van der Waals surface area contributed by atoms with E-state index in [0.717, 1.165) is 64.2 Å². The molecular weight excluding hydrogens is 584 g/mol. The fourth-order valence-electron chi connectivity index (χ4n) is 6.26. The van der Waals surface area contributed by atoms with E-state index in [1.165, 1.54) is 0 Å². The van der Waals surface area contributed by atoms with E-state index in [0.29, 0.717) is 24.0 Å². The van der Waals surface area contributed by atoms with Crippen molar-refractivity contribution in [1.82, 2.24) is 0 Å². The van der Waals surface area contributed by atoms with Gasteiger partial charge in [-0.2, -0.15) is 0 Å². The van der Waals surface area contributed by atoms with Crippen LogP contribution in [0.5, 0.6) is 0 Å². The summed E-state index contributed by atoms with van der Waals surface area (Å²) in [6, 6.07) is 17.7. The van der Waals surface area contributed by atoms with Crippen LogP contribution >= 0.6 is 0 Å². The molecule has 4 atom stereocenters. The van der Waals surface area contributed by atoms with Crippen LogP contribution in [0.2, 0.25) is 0 Å². The summed E-state index contributed by atoms with van der Waals surface area (Å²) >= 11 is 0. The molecule has 0 aliphatic rings. The molecule has 8 nitrogen and oxygen atoms in total. The van der Waals surface area contributed by atoms with Gasteiger partial charge in [0.05, 0.1) is 0 Å². The highest BCUT2D eigenvalue weighted by Crippen LogP contribution is 2.36. The molecule has 0 radical (unpaired) electrons. The first-order valence-corrected chi connectivity index (χ1v) is 17.1. The number of aliphatic hydroxyl groups is 2. The minimum absolute atomic E-state index is 0.0271. The lowest BCUT2D eigenvalue weighted by atomic mass is 9.68. The van der Waals surface area contributed by atoms with Gasteiger partial charge in [-0.3, -0.25) is 9.59 Å². The number of benzene rings is 2. The smallest absolute Gasteiger partial charge is 0.347 e. The Bertz CT molecular complexity index is 1120. The first kappa shape index (κ1) is 38.8. The maximum Gasteiger partial charge on any atom is 0.347 e. The Morgan fingerprint density at radius 1 is 0.522 bits per heavy atom. The second-order valence-electron chi connectivity index (χ2n) is 12.6. The maximum absolute atomic E-state index is 14.2. The summed E-state index contributed by atoms with van der Waals surface area (Å²) in [7, 11) is 0. The van der Waals surface area contributed by atoms with E-state index in [2.05, 4.69) is 13.8 Å². The topological polar surface area (TPSA) is 149 Å². The summed E-state index contributed by atoms with van der Waals surface area (Å²) in [6.07, 6.45) is 11.1. The van der Waals surface area contributed by atoms with Crippen LogP contribution < -0.4 is 0 Å². The molecule has 8 heteroatoms. The largest absolute Gasteiger partial charge is 0.479 e. The molecule has 0 unspecified atom stereocenters. The van der Waals surface area contributed by atoms with Crippen molar-refractivity contribution >= 4 is 23.5 Å². The van der Waals surface area contributed by atoms with E-state index in [4.69, 9.17) is 0 Å². The number of Topliss-reactive ketones (excluding diaryl/α,β-unsaturated/α-hetero) is 2. The monoisotopic (exact) mass is 638 g/mol. The quantitative estimate of drug-likeness (QED) is 0.0673. The van der Waals surface area contributed by atoms with Gasteiger partial charge in [-0.15, -0.1) is 0 Å². The fraction of sp³-hybridized carbons (Fsp3) is 0.579. The number of hydrogen-bond donors (Lipinski definition) is 4. The van der Waals surface area contributed by atoms with Gasteiger partial charge in [-0.1, -0.05) is 152 Å². The van der Waals surface area contributed by atoms with Crippen molar-refractivity contribution in [3.8, 4) is 0 Å². The molecule has 46 heavy (non-hydrogen) atoms. The van der Waals surface area contributed by atoms with Gasteiger partial charge in [0.2, 0.25) is 0 Å². The van der Waals surface area contributed by atoms with Crippen LogP contribution in [-0.4, -0.2) is 55.1 Å². The molecule has 0 spiro atoms. The molecule has 4 N–H and O–H groups in total. The lowest BCUT2D eigenvalue weighted by Gasteiger charge is -2.38. The third-order valence-corrected chi connectivity index (χ3v) is 9.06. The first-order chi connectivity index (χ1) is 22.0. The van der Waals surface area contributed by atoms with Crippen LogP contribution in [0.1, 0.15) is 115 Å². The van der Waals surface area contributed by atoms with E-state index >= 15 is 0 Å². The van der Waals surface area contributed by atoms with Gasteiger partial charge < -0.3 is 20.4 Å². The van der Waals surface area contributed by atoms with Gasteiger partial charge >= 0.3 is 11.9 Å². The molecule has 2 aromatic carbocycles. The first-order valence-electron chi connectivity index (χ1n) is 17.1. The van der Waals surface area contributed by atoms with E-state index in [1.807, 2.05) is 0 Å². The zero-order valence-electron chi connectivity index (χ0n) is 27.7. The number of ketones is 2. The zero-order valence-corrected chi connectivity index (χ0v) is 27.7. The van der Waals surface area contributed by atoms with Crippen molar-refractivity contribution in [1.29, 1.82) is 0 Å². The Hall–Kier alpha value is -3.36. The third-order valence-electron chi connectivity index (χ3n) is 9.06. The highest BCUT2D eigenvalue weighted by atomic mass is 16.5. The Labute approximate surface area is 274 Å². The number of aliphatic carboxylic acids is 2. The van der Waals surface area contributed by atoms with E-state index in [9.17, 15) is 39.6 Å². The van der Waals surface area contributed by atoms with Gasteiger partial charge in [0, 0.05) is 11.8 Å². The molecular formula is C38H54O8. The lowest BCUT2D eigenvalue weighted by molar-refractivity contribution is -0.210. The average molecular weight is 639 g/mol. The highest BCUT2D eigenvalue weighted by Gasteiger charge is 2.70. The second-order valence-corrected chi connectivity index (χ2v) is 12.6. The van der Waals surface area contributed by atoms with Crippen molar-refractivity contribution < 1.29 is 39.6 Å². The van der Waals surface area contributed by atoms with Crippen molar-refractivity contribution in [2.75, 3.05) is 0 Å². The number of unbranched alkanes of at least 4 members (excludes halogenated alkanes) is 10. The molecule has 0 heterocycles. The molecule has 0 aromatic heterocycles. The van der Waals surface area contributed by atoms with E-state index < -0.39 is 46.5 Å². The molecule has 0 saturated heterocycles. The minimum atomic E-state index is -3.90. The Balaban J connectivity index is 2.48. The highest BCUT2D eigenvalue weighted by molar-refractivity contribution is 6.22. The molecule has 0 aliphatic heterocycles. The minimum Gasteiger partial charge on any atom is -0.479 e. The molecule has 254 valence electrons. The van der Waals surface area contributed by atoms with Crippen LogP contribution in [0.4, 0.5) is 0 Å². The van der Waals surface area contributed by atoms with Crippen molar-refractivity contribution in [2.45, 2.75) is 128 Å². The van der Waals surface area contributed by atoms with Crippen LogP contribution in [0.25, 0.3) is 0 Å². The molecule has 0 aliphatic carbocycles. The zero-order chi connectivity index (χ0) is 34.0. The number of hydrogen-bond acceptors (Lipinski definition) is 6. The molecule has 0 fully saturated rings. The fourth-order valence-corrected chi connectivity index (χ4v) is 6.26. The predicted octanol–water partition coefficient (Wildman–Crippen LogP) is 6.98. The predicted molar refractivity (Wildman–Crippen MR) is 178 cm³/mol. The molecule has 0 amide bonds. The van der Waals surface area contributed by atoms with E-state index in [1.54, 1.807) is 60.7 Å². The Morgan fingerprint density at radius 2 is 0.826 bits per heavy atom. The summed E-state index contributed by atoms with van der Waals surface area (Å²) in [5.41, 5.74) is -6.41. The molecule has 0 bridgehead atoms. The third kappa shape index (κ3) is 10.6. The van der Waals surface area contributed by atoms with Crippen LogP contribution in [-0.2, 0) is 32.0 Å². The Morgan fingerprint density at radius 3 is 1.13 bits per heavy atom. The van der Waals surface area contributed by atoms with Gasteiger partial charge in [-0.05, 0) is 36.8 Å². The summed E-state index contributed by atoms with van der Waals surface area (Å²) in [5.74, 6) is -9.52. The Kier molecular flexibility index (Phi) is 16.9. The van der Waals surface area contributed by atoms with Crippen molar-refractivity contribution in [3.05, 3.63) is 71.8 Å². The summed E-state index contributed by atoms with van der Waals surface area (Å²) < 4.78 is 0. The SMILES string of the molecule is CCCCCCCC[C@H](Cc1ccccc1)C(=O)[C@@](O)(C(=O)O)[C@](O)(C(=O)O)C(=O)[C@H](CCCCCCCC)Cc1ccccc1. The van der Waals surface area contributed by atoms with Crippen molar-refractivity contribution in [2.24, 2.45) is 11.8 Å². The number of rotatable bonds is 25. The van der Waals surface area contributed by atoms with E-state index in [-0.39, 0.29) is 25.7 Å². The second kappa shape index (κ2) is 20.0. The molecule has 2 rings (SSSR count). The van der Waals surface area contributed by atoms with Gasteiger partial charge in [-0.25, -0.2) is 9.59 Å². The van der Waals surface area contributed by atoms with Crippen LogP contribution in [0, 0.1) is 11.8 Å². The molecule has 0 saturated carbocycles. The molecule has 2 aromatic rings.